The fourth-order valence-electron chi connectivity index (χ4n) is 2.15. The third-order valence-corrected chi connectivity index (χ3v) is 3.13. The monoisotopic (exact) mass is 244 g/mol. The molecule has 0 aliphatic carbocycles. The minimum Gasteiger partial charge on any atom is -0.391 e. The van der Waals surface area contributed by atoms with Crippen molar-refractivity contribution < 1.29 is 14.6 Å². The van der Waals surface area contributed by atoms with E-state index >= 15 is 0 Å². The molecule has 1 heterocycles. The number of carbonyl (C=O) groups excluding carboxylic acids is 1. The molecule has 3 atom stereocenters. The van der Waals surface area contributed by atoms with Gasteiger partial charge in [-0.15, -0.1) is 0 Å². The van der Waals surface area contributed by atoms with Crippen LogP contribution in [0.15, 0.2) is 0 Å². The zero-order valence-electron chi connectivity index (χ0n) is 10.7. The molecule has 1 saturated heterocycles. The van der Waals surface area contributed by atoms with Gasteiger partial charge in [0, 0.05) is 25.6 Å². The van der Waals surface area contributed by atoms with E-state index in [1.54, 1.807) is 7.11 Å². The second kappa shape index (κ2) is 7.63. The minimum atomic E-state index is -0.493. The van der Waals surface area contributed by atoms with Crippen molar-refractivity contribution in [1.82, 2.24) is 10.6 Å². The molecule has 0 aromatic rings. The second-order valence-corrected chi connectivity index (χ2v) is 4.77. The highest BCUT2D eigenvalue weighted by molar-refractivity contribution is 5.78. The number of hydrogen-bond acceptors (Lipinski definition) is 4. The zero-order chi connectivity index (χ0) is 12.7. The highest BCUT2D eigenvalue weighted by Crippen LogP contribution is 2.15. The first-order valence-electron chi connectivity index (χ1n) is 6.31. The van der Waals surface area contributed by atoms with Crippen molar-refractivity contribution in [3.8, 4) is 0 Å². The summed E-state index contributed by atoms with van der Waals surface area (Å²) >= 11 is 0. The van der Waals surface area contributed by atoms with Crippen LogP contribution >= 0.6 is 0 Å². The molecular formula is C12H24N2O3. The van der Waals surface area contributed by atoms with Gasteiger partial charge in [-0.2, -0.15) is 0 Å². The van der Waals surface area contributed by atoms with Gasteiger partial charge in [-0.05, 0) is 32.7 Å². The lowest BCUT2D eigenvalue weighted by atomic mass is 9.92. The molecule has 5 nitrogen and oxygen atoms in total. The van der Waals surface area contributed by atoms with Crippen molar-refractivity contribution in [2.24, 2.45) is 5.92 Å². The van der Waals surface area contributed by atoms with Crippen LogP contribution in [0.25, 0.3) is 0 Å². The number of hydrogen-bond donors (Lipinski definition) is 3. The summed E-state index contributed by atoms with van der Waals surface area (Å²) in [6.45, 7) is 3.84. The molecule has 17 heavy (non-hydrogen) atoms. The van der Waals surface area contributed by atoms with Crippen LogP contribution in [-0.2, 0) is 9.53 Å². The molecule has 0 bridgehead atoms. The standard InChI is InChI=1S/C12H24N2O3/c1-9-7-10(3-5-13-9)12(16)14-6-4-11(15)8-17-2/h9-11,13,15H,3-8H2,1-2H3,(H,14,16). The first-order chi connectivity index (χ1) is 8.13. The predicted molar refractivity (Wildman–Crippen MR) is 65.7 cm³/mol. The Labute approximate surface area is 103 Å². The molecule has 1 amide bonds. The van der Waals surface area contributed by atoms with Crippen molar-refractivity contribution in [3.63, 3.8) is 0 Å². The molecule has 0 aromatic carbocycles. The van der Waals surface area contributed by atoms with Gasteiger partial charge in [0.2, 0.25) is 5.91 Å². The Bertz CT molecular complexity index is 236. The molecule has 1 fully saturated rings. The summed E-state index contributed by atoms with van der Waals surface area (Å²) in [5.41, 5.74) is 0. The highest BCUT2D eigenvalue weighted by atomic mass is 16.5. The van der Waals surface area contributed by atoms with Crippen LogP contribution in [-0.4, -0.2) is 50.0 Å². The molecule has 100 valence electrons. The number of aliphatic hydroxyl groups is 1. The maximum absolute atomic E-state index is 11.8. The molecule has 0 saturated carbocycles. The normalized spacial score (nSPS) is 26.5. The Kier molecular flexibility index (Phi) is 6.47. The van der Waals surface area contributed by atoms with Gasteiger partial charge < -0.3 is 20.5 Å². The zero-order valence-corrected chi connectivity index (χ0v) is 10.7. The lowest BCUT2D eigenvalue weighted by Crippen LogP contribution is -2.43. The van der Waals surface area contributed by atoms with Gasteiger partial charge in [-0.25, -0.2) is 0 Å². The average molecular weight is 244 g/mol. The Hall–Kier alpha value is -0.650. The summed E-state index contributed by atoms with van der Waals surface area (Å²) in [6, 6.07) is 0.415. The van der Waals surface area contributed by atoms with E-state index in [4.69, 9.17) is 4.74 Å². The van der Waals surface area contributed by atoms with Crippen LogP contribution in [0, 0.1) is 5.92 Å². The Morgan fingerprint density at radius 2 is 2.41 bits per heavy atom. The third kappa shape index (κ3) is 5.48. The number of carbonyl (C=O) groups is 1. The van der Waals surface area contributed by atoms with E-state index in [0.29, 0.717) is 25.6 Å². The number of aliphatic hydroxyl groups excluding tert-OH is 1. The highest BCUT2D eigenvalue weighted by Gasteiger charge is 2.24. The lowest BCUT2D eigenvalue weighted by molar-refractivity contribution is -0.126. The number of rotatable bonds is 6. The summed E-state index contributed by atoms with van der Waals surface area (Å²) in [5.74, 6) is 0.230. The van der Waals surface area contributed by atoms with E-state index in [9.17, 15) is 9.90 Å². The molecule has 3 unspecified atom stereocenters. The lowest BCUT2D eigenvalue weighted by Gasteiger charge is -2.27. The second-order valence-electron chi connectivity index (χ2n) is 4.77. The maximum atomic E-state index is 11.8. The van der Waals surface area contributed by atoms with Crippen molar-refractivity contribution >= 4 is 5.91 Å². The molecule has 0 spiro atoms. The number of piperidine rings is 1. The minimum absolute atomic E-state index is 0.114. The van der Waals surface area contributed by atoms with Crippen LogP contribution in [0.4, 0.5) is 0 Å². The quantitative estimate of drug-likeness (QED) is 0.609. The van der Waals surface area contributed by atoms with Gasteiger partial charge >= 0.3 is 0 Å². The van der Waals surface area contributed by atoms with E-state index < -0.39 is 6.10 Å². The van der Waals surface area contributed by atoms with E-state index in [0.717, 1.165) is 19.4 Å². The Morgan fingerprint density at radius 3 is 3.06 bits per heavy atom. The number of nitrogens with one attached hydrogen (secondary N) is 2. The van der Waals surface area contributed by atoms with Crippen LogP contribution in [0.2, 0.25) is 0 Å². The molecule has 0 radical (unpaired) electrons. The van der Waals surface area contributed by atoms with E-state index in [-0.39, 0.29) is 11.8 Å². The Balaban J connectivity index is 2.16. The van der Waals surface area contributed by atoms with Crippen molar-refractivity contribution in [3.05, 3.63) is 0 Å². The largest absolute Gasteiger partial charge is 0.391 e. The number of amides is 1. The van der Waals surface area contributed by atoms with E-state index in [1.165, 1.54) is 0 Å². The summed E-state index contributed by atoms with van der Waals surface area (Å²) in [7, 11) is 1.55. The van der Waals surface area contributed by atoms with Crippen molar-refractivity contribution in [1.29, 1.82) is 0 Å². The fraction of sp³-hybridized carbons (Fsp3) is 0.917. The molecule has 1 rings (SSSR count). The molecule has 1 aliphatic heterocycles. The SMILES string of the molecule is COCC(O)CCNC(=O)C1CCNC(C)C1. The van der Waals surface area contributed by atoms with Crippen LogP contribution in [0.3, 0.4) is 0 Å². The summed E-state index contributed by atoms with van der Waals surface area (Å²) in [4.78, 5) is 11.8. The molecule has 3 N–H and O–H groups in total. The van der Waals surface area contributed by atoms with Crippen LogP contribution in [0.5, 0.6) is 0 Å². The number of ether oxygens (including phenoxy) is 1. The average Bonchev–Trinajstić information content (AvgIpc) is 2.29. The van der Waals surface area contributed by atoms with Gasteiger partial charge in [0.25, 0.3) is 0 Å². The first-order valence-corrected chi connectivity index (χ1v) is 6.31. The third-order valence-electron chi connectivity index (χ3n) is 3.13. The fourth-order valence-corrected chi connectivity index (χ4v) is 2.15. The van der Waals surface area contributed by atoms with E-state index in [2.05, 4.69) is 17.6 Å². The summed E-state index contributed by atoms with van der Waals surface area (Å²) in [5, 5.41) is 15.6. The van der Waals surface area contributed by atoms with Gasteiger partial charge in [0.1, 0.15) is 0 Å². The maximum Gasteiger partial charge on any atom is 0.223 e. The topological polar surface area (TPSA) is 70.6 Å². The summed E-state index contributed by atoms with van der Waals surface area (Å²) < 4.78 is 4.82. The van der Waals surface area contributed by atoms with E-state index in [1.807, 2.05) is 0 Å². The molecular weight excluding hydrogens is 220 g/mol. The summed E-state index contributed by atoms with van der Waals surface area (Å²) in [6.07, 6.45) is 1.84. The molecule has 0 aromatic heterocycles. The first kappa shape index (κ1) is 14.4. The smallest absolute Gasteiger partial charge is 0.223 e. The van der Waals surface area contributed by atoms with Gasteiger partial charge in [-0.1, -0.05) is 0 Å². The van der Waals surface area contributed by atoms with Crippen LogP contribution in [0.1, 0.15) is 26.2 Å². The van der Waals surface area contributed by atoms with Gasteiger partial charge in [-0.3, -0.25) is 4.79 Å². The Morgan fingerprint density at radius 1 is 1.65 bits per heavy atom. The molecule has 5 heteroatoms. The van der Waals surface area contributed by atoms with Gasteiger partial charge in [0.05, 0.1) is 12.7 Å². The van der Waals surface area contributed by atoms with Gasteiger partial charge in [0.15, 0.2) is 0 Å². The number of methoxy groups -OCH3 is 1. The molecule has 1 aliphatic rings. The van der Waals surface area contributed by atoms with Crippen LogP contribution < -0.4 is 10.6 Å². The van der Waals surface area contributed by atoms with Crippen molar-refractivity contribution in [2.75, 3.05) is 26.8 Å². The predicted octanol–water partition coefficient (Wildman–Crippen LogP) is -0.112. The van der Waals surface area contributed by atoms with Crippen molar-refractivity contribution in [2.45, 2.75) is 38.3 Å².